The summed E-state index contributed by atoms with van der Waals surface area (Å²) < 4.78 is 76.4. The molecule has 0 saturated carbocycles. The molecule has 52 heavy (non-hydrogen) atoms. The zero-order chi connectivity index (χ0) is 37.7. The van der Waals surface area contributed by atoms with E-state index >= 15 is 0 Å². The van der Waals surface area contributed by atoms with Crippen molar-refractivity contribution in [3.8, 4) is 5.75 Å². The highest BCUT2D eigenvalue weighted by molar-refractivity contribution is 7.89. The molecular formula is C36H56N3O11PS. The van der Waals surface area contributed by atoms with E-state index in [4.69, 9.17) is 33.7 Å². The van der Waals surface area contributed by atoms with Gasteiger partial charge in [-0.2, -0.15) is 4.31 Å². The number of nitrogens with one attached hydrogen (secondary N) is 1. The van der Waals surface area contributed by atoms with E-state index in [2.05, 4.69) is 5.32 Å². The van der Waals surface area contributed by atoms with Crippen LogP contribution < -0.4 is 15.8 Å². The highest BCUT2D eigenvalue weighted by Crippen LogP contribution is 2.48. The number of amides is 1. The van der Waals surface area contributed by atoms with Crippen molar-refractivity contribution in [3.63, 3.8) is 0 Å². The smallest absolute Gasteiger partial charge is 0.407 e. The van der Waals surface area contributed by atoms with Gasteiger partial charge in [-0.05, 0) is 73.6 Å². The standard InChI is InChI=1S/C36H56N3O11PS/c1-5-7-18-48-51(42,49-19-8-6-2)25-47-29-13-15-30(16-14-29)52(43,44)39(22-26(3)4)23-33(40)32(21-27-9-11-28(37)12-10-27)38-36(41)50-34-24-46-35-31(34)17-20-45-35/h9-16,26,31-35,40H,5-8,17-25,37H2,1-4H3,(H,38,41)/t31-,32-,33+,34-,35+/m0/s1. The summed E-state index contributed by atoms with van der Waals surface area (Å²) in [6.07, 6.45) is 0.802. The molecule has 292 valence electrons. The third-order valence-corrected chi connectivity index (χ3v) is 12.3. The van der Waals surface area contributed by atoms with Gasteiger partial charge in [0.2, 0.25) is 10.0 Å². The fraction of sp³-hybridized carbons (Fsp3) is 0.639. The van der Waals surface area contributed by atoms with Gasteiger partial charge in [0.05, 0.1) is 49.4 Å². The lowest BCUT2D eigenvalue weighted by Crippen LogP contribution is -2.51. The zero-order valence-electron chi connectivity index (χ0n) is 30.7. The number of anilines is 1. The van der Waals surface area contributed by atoms with Crippen molar-refractivity contribution in [3.05, 3.63) is 54.1 Å². The fourth-order valence-electron chi connectivity index (χ4n) is 5.89. The van der Waals surface area contributed by atoms with E-state index in [1.165, 1.54) is 28.6 Å². The molecule has 0 bridgehead atoms. The van der Waals surface area contributed by atoms with Crippen molar-refractivity contribution in [2.75, 3.05) is 51.6 Å². The minimum absolute atomic E-state index is 0.0219. The molecule has 0 spiro atoms. The van der Waals surface area contributed by atoms with E-state index in [-0.39, 0.29) is 62.4 Å². The number of fused-ring (bicyclic) bond motifs is 1. The van der Waals surface area contributed by atoms with Gasteiger partial charge in [-0.3, -0.25) is 4.57 Å². The van der Waals surface area contributed by atoms with Gasteiger partial charge in [0.15, 0.2) is 12.6 Å². The lowest BCUT2D eigenvalue weighted by atomic mass is 10.0. The molecule has 0 aliphatic carbocycles. The molecule has 2 fully saturated rings. The van der Waals surface area contributed by atoms with Crippen molar-refractivity contribution >= 4 is 29.4 Å². The normalized spacial score (nSPS) is 20.2. The molecule has 14 nitrogen and oxygen atoms in total. The average molecular weight is 770 g/mol. The Bertz CT molecular complexity index is 1530. The fourth-order valence-corrected chi connectivity index (χ4v) is 8.86. The molecule has 4 rings (SSSR count). The zero-order valence-corrected chi connectivity index (χ0v) is 32.4. The number of sulfonamides is 1. The van der Waals surface area contributed by atoms with Crippen LogP contribution in [0.5, 0.6) is 5.75 Å². The maximum atomic E-state index is 14.0. The molecule has 0 aromatic heterocycles. The molecule has 4 N–H and O–H groups in total. The Kier molecular flexibility index (Phi) is 16.2. The predicted octanol–water partition coefficient (Wildman–Crippen LogP) is 5.54. The Morgan fingerprint density at radius 2 is 1.67 bits per heavy atom. The van der Waals surface area contributed by atoms with Crippen LogP contribution in [0.4, 0.5) is 10.5 Å². The second-order valence-electron chi connectivity index (χ2n) is 13.7. The molecule has 2 saturated heterocycles. The first-order chi connectivity index (χ1) is 24.8. The SMILES string of the molecule is CCCCOP(=O)(COc1ccc(S(=O)(=O)N(CC(C)C)C[C@@H](O)[C@H](Cc2ccc(N)cc2)NC(=O)O[C@H]2CO[C@H]3OCC[C@H]32)cc1)OCCCC. The molecule has 2 aliphatic heterocycles. The molecule has 2 aromatic carbocycles. The van der Waals surface area contributed by atoms with Crippen LogP contribution >= 0.6 is 7.60 Å². The summed E-state index contributed by atoms with van der Waals surface area (Å²) in [6.45, 7) is 8.84. The Balaban J connectivity index is 1.47. The third kappa shape index (κ3) is 12.4. The van der Waals surface area contributed by atoms with Gasteiger partial charge in [-0.25, -0.2) is 13.2 Å². The van der Waals surface area contributed by atoms with Crippen LogP contribution in [0.15, 0.2) is 53.4 Å². The summed E-state index contributed by atoms with van der Waals surface area (Å²) in [5.41, 5.74) is 7.20. The lowest BCUT2D eigenvalue weighted by Gasteiger charge is -2.31. The Morgan fingerprint density at radius 3 is 2.29 bits per heavy atom. The van der Waals surface area contributed by atoms with Gasteiger partial charge in [0, 0.05) is 18.8 Å². The quantitative estimate of drug-likeness (QED) is 0.0773. The first kappa shape index (κ1) is 42.0. The van der Waals surface area contributed by atoms with Gasteiger partial charge < -0.3 is 44.2 Å². The molecule has 2 heterocycles. The van der Waals surface area contributed by atoms with Crippen molar-refractivity contribution in [1.82, 2.24) is 9.62 Å². The number of carbonyl (C=O) groups is 1. The molecule has 0 unspecified atom stereocenters. The van der Waals surface area contributed by atoms with E-state index in [0.717, 1.165) is 31.2 Å². The number of unbranched alkanes of at least 4 members (excludes halogenated alkanes) is 2. The molecule has 1 amide bonds. The van der Waals surface area contributed by atoms with Gasteiger partial charge in [0.1, 0.15) is 11.9 Å². The van der Waals surface area contributed by atoms with Crippen molar-refractivity contribution in [2.45, 2.75) is 95.7 Å². The third-order valence-electron chi connectivity index (χ3n) is 8.83. The van der Waals surface area contributed by atoms with Crippen molar-refractivity contribution < 1.29 is 50.9 Å². The average Bonchev–Trinajstić information content (AvgIpc) is 3.73. The van der Waals surface area contributed by atoms with Crippen LogP contribution in [-0.2, 0) is 44.3 Å². The number of ether oxygens (including phenoxy) is 4. The highest BCUT2D eigenvalue weighted by Gasteiger charge is 2.44. The maximum absolute atomic E-state index is 14.0. The van der Waals surface area contributed by atoms with Crippen LogP contribution in [0.2, 0.25) is 0 Å². The van der Waals surface area contributed by atoms with Crippen LogP contribution in [-0.4, -0.2) is 94.3 Å². The number of aliphatic hydroxyl groups is 1. The predicted molar refractivity (Wildman–Crippen MR) is 196 cm³/mol. The Hall–Kier alpha value is -2.75. The Labute approximate surface area is 308 Å². The monoisotopic (exact) mass is 769 g/mol. The van der Waals surface area contributed by atoms with Crippen molar-refractivity contribution in [1.29, 1.82) is 0 Å². The van der Waals surface area contributed by atoms with E-state index in [9.17, 15) is 22.9 Å². The summed E-state index contributed by atoms with van der Waals surface area (Å²) in [7, 11) is -7.66. The van der Waals surface area contributed by atoms with Crippen molar-refractivity contribution in [2.24, 2.45) is 11.8 Å². The second-order valence-corrected chi connectivity index (χ2v) is 17.6. The van der Waals surface area contributed by atoms with Crippen LogP contribution in [0.1, 0.15) is 65.4 Å². The van der Waals surface area contributed by atoms with Gasteiger partial charge in [0.25, 0.3) is 0 Å². The number of aliphatic hydroxyl groups excluding tert-OH is 1. The van der Waals surface area contributed by atoms with Crippen LogP contribution in [0, 0.1) is 11.8 Å². The number of nitrogens with zero attached hydrogens (tertiary/aromatic N) is 1. The molecule has 16 heteroatoms. The van der Waals surface area contributed by atoms with Gasteiger partial charge in [-0.1, -0.05) is 52.7 Å². The lowest BCUT2D eigenvalue weighted by molar-refractivity contribution is -0.0907. The van der Waals surface area contributed by atoms with E-state index < -0.39 is 48.3 Å². The number of hydrogen-bond acceptors (Lipinski definition) is 12. The summed E-state index contributed by atoms with van der Waals surface area (Å²) in [4.78, 5) is 13.1. The maximum Gasteiger partial charge on any atom is 0.407 e. The largest absolute Gasteiger partial charge is 0.481 e. The number of rotatable bonds is 22. The molecular weight excluding hydrogens is 713 g/mol. The van der Waals surface area contributed by atoms with Crippen LogP contribution in [0.25, 0.3) is 0 Å². The summed E-state index contributed by atoms with van der Waals surface area (Å²) in [5.74, 6) is 0.135. The minimum Gasteiger partial charge on any atom is -0.481 e. The number of hydrogen-bond donors (Lipinski definition) is 3. The molecule has 5 atom stereocenters. The summed E-state index contributed by atoms with van der Waals surface area (Å²) >= 11 is 0. The number of nitrogens with two attached hydrogens (primary N) is 1. The topological polar surface area (TPSA) is 185 Å². The van der Waals surface area contributed by atoms with E-state index in [1.54, 1.807) is 24.3 Å². The highest BCUT2D eigenvalue weighted by atomic mass is 32.2. The summed E-state index contributed by atoms with van der Waals surface area (Å²) in [6, 6.07) is 11.8. The Morgan fingerprint density at radius 1 is 1.02 bits per heavy atom. The first-order valence-electron chi connectivity index (χ1n) is 18.2. The number of nitrogen functional groups attached to an aromatic ring is 1. The number of carbonyl (C=O) groups excluding carboxylic acids is 1. The molecule has 2 aromatic rings. The number of benzene rings is 2. The van der Waals surface area contributed by atoms with Gasteiger partial charge >= 0.3 is 13.7 Å². The van der Waals surface area contributed by atoms with E-state index in [1.807, 2.05) is 27.7 Å². The van der Waals surface area contributed by atoms with Gasteiger partial charge in [-0.15, -0.1) is 0 Å². The molecule has 0 radical (unpaired) electrons. The number of alkyl carbamates (subject to hydrolysis) is 1. The van der Waals surface area contributed by atoms with E-state index in [0.29, 0.717) is 24.5 Å². The molecule has 2 aliphatic rings. The second kappa shape index (κ2) is 20.1. The minimum atomic E-state index is -4.13. The summed E-state index contributed by atoms with van der Waals surface area (Å²) in [5, 5.41) is 14.4. The van der Waals surface area contributed by atoms with Crippen LogP contribution in [0.3, 0.4) is 0 Å². The first-order valence-corrected chi connectivity index (χ1v) is 21.3.